The lowest BCUT2D eigenvalue weighted by Crippen LogP contribution is -2.02. The van der Waals surface area contributed by atoms with E-state index < -0.39 is 4.92 Å². The van der Waals surface area contributed by atoms with Crippen molar-refractivity contribution >= 4 is 28.6 Å². The van der Waals surface area contributed by atoms with Gasteiger partial charge in [-0.15, -0.1) is 0 Å². The first-order valence-corrected chi connectivity index (χ1v) is 7.28. The Morgan fingerprint density at radius 2 is 1.92 bits per heavy atom. The Morgan fingerprint density at radius 1 is 1.12 bits per heavy atom. The van der Waals surface area contributed by atoms with Gasteiger partial charge in [0.1, 0.15) is 0 Å². The molecule has 0 saturated carbocycles. The summed E-state index contributed by atoms with van der Waals surface area (Å²) in [6.45, 7) is 0. The molecule has 0 spiro atoms. The Hall–Kier alpha value is -3.41. The van der Waals surface area contributed by atoms with Gasteiger partial charge < -0.3 is 0 Å². The number of hydrogen-bond donors (Lipinski definition) is 0. The smallest absolute Gasteiger partial charge is 0.270 e. The van der Waals surface area contributed by atoms with Gasteiger partial charge in [-0.3, -0.25) is 19.9 Å². The van der Waals surface area contributed by atoms with E-state index in [9.17, 15) is 14.9 Å². The molecule has 0 saturated heterocycles. The molecule has 0 bridgehead atoms. The average molecular weight is 319 g/mol. The van der Waals surface area contributed by atoms with Crippen LogP contribution < -0.4 is 0 Å². The number of para-hydroxylation sites is 2. The third-order valence-electron chi connectivity index (χ3n) is 3.40. The van der Waals surface area contributed by atoms with Crippen molar-refractivity contribution in [1.29, 1.82) is 0 Å². The van der Waals surface area contributed by atoms with Crippen molar-refractivity contribution in [1.82, 2.24) is 9.97 Å². The van der Waals surface area contributed by atoms with Crippen LogP contribution in [0.5, 0.6) is 0 Å². The molecule has 2 aromatic carbocycles. The van der Waals surface area contributed by atoms with Gasteiger partial charge in [0.2, 0.25) is 0 Å². The van der Waals surface area contributed by atoms with Gasteiger partial charge >= 0.3 is 0 Å². The van der Waals surface area contributed by atoms with E-state index in [1.165, 1.54) is 18.2 Å². The first-order valence-electron chi connectivity index (χ1n) is 7.28. The van der Waals surface area contributed by atoms with Gasteiger partial charge in [0, 0.05) is 18.3 Å². The van der Waals surface area contributed by atoms with Crippen LogP contribution in [0.2, 0.25) is 0 Å². The number of aromatic nitrogens is 2. The maximum Gasteiger partial charge on any atom is 0.270 e. The predicted octanol–water partition coefficient (Wildman–Crippen LogP) is 3.36. The molecule has 24 heavy (non-hydrogen) atoms. The fourth-order valence-corrected chi connectivity index (χ4v) is 2.25. The number of ketones is 1. The molecule has 6 heteroatoms. The third-order valence-corrected chi connectivity index (χ3v) is 3.40. The van der Waals surface area contributed by atoms with Gasteiger partial charge in [-0.1, -0.05) is 30.3 Å². The lowest BCUT2D eigenvalue weighted by molar-refractivity contribution is -0.384. The van der Waals surface area contributed by atoms with Crippen LogP contribution >= 0.6 is 0 Å². The van der Waals surface area contributed by atoms with Crippen LogP contribution in [0.3, 0.4) is 0 Å². The standard InChI is InChI=1S/C18H13N3O3/c22-16(9-8-13-4-3-5-15(10-13)21(23)24)11-14-12-19-17-6-1-2-7-18(17)20-14/h1-10,12H,11H2. The molecular weight excluding hydrogens is 306 g/mol. The number of nitro groups is 1. The molecule has 0 fully saturated rings. The van der Waals surface area contributed by atoms with Crippen LogP contribution in [0.4, 0.5) is 5.69 Å². The van der Waals surface area contributed by atoms with Crippen LogP contribution in [0, 0.1) is 10.1 Å². The molecule has 0 unspecified atom stereocenters. The SMILES string of the molecule is O=C(C=Cc1cccc([N+](=O)[O-])c1)Cc1cnc2ccccc2n1. The van der Waals surface area contributed by atoms with Crippen molar-refractivity contribution in [3.05, 3.63) is 82.2 Å². The highest BCUT2D eigenvalue weighted by molar-refractivity contribution is 5.95. The molecule has 1 heterocycles. The van der Waals surface area contributed by atoms with Crippen molar-refractivity contribution < 1.29 is 9.72 Å². The van der Waals surface area contributed by atoms with E-state index >= 15 is 0 Å². The average Bonchev–Trinajstić information content (AvgIpc) is 2.60. The molecule has 0 atom stereocenters. The highest BCUT2D eigenvalue weighted by Gasteiger charge is 2.06. The maximum absolute atomic E-state index is 12.1. The number of allylic oxidation sites excluding steroid dienone is 1. The molecule has 3 aromatic rings. The van der Waals surface area contributed by atoms with Crippen molar-refractivity contribution in [3.63, 3.8) is 0 Å². The summed E-state index contributed by atoms with van der Waals surface area (Å²) in [6.07, 6.45) is 4.67. The highest BCUT2D eigenvalue weighted by Crippen LogP contribution is 2.14. The van der Waals surface area contributed by atoms with E-state index in [1.54, 1.807) is 24.4 Å². The number of rotatable bonds is 5. The normalized spacial score (nSPS) is 11.0. The predicted molar refractivity (Wildman–Crippen MR) is 90.4 cm³/mol. The first kappa shape index (κ1) is 15.5. The molecule has 1 aromatic heterocycles. The largest absolute Gasteiger partial charge is 0.294 e. The molecule has 3 rings (SSSR count). The Bertz CT molecular complexity index is 951. The second-order valence-electron chi connectivity index (χ2n) is 5.18. The summed E-state index contributed by atoms with van der Waals surface area (Å²) < 4.78 is 0. The van der Waals surface area contributed by atoms with Crippen molar-refractivity contribution in [2.75, 3.05) is 0 Å². The monoisotopic (exact) mass is 319 g/mol. The maximum atomic E-state index is 12.1. The number of carbonyl (C=O) groups is 1. The highest BCUT2D eigenvalue weighted by atomic mass is 16.6. The van der Waals surface area contributed by atoms with Crippen molar-refractivity contribution in [2.24, 2.45) is 0 Å². The lowest BCUT2D eigenvalue weighted by Gasteiger charge is -2.00. The minimum atomic E-state index is -0.468. The number of fused-ring (bicyclic) bond motifs is 1. The van der Waals surface area contributed by atoms with Crippen LogP contribution in [-0.4, -0.2) is 20.7 Å². The number of hydrogen-bond acceptors (Lipinski definition) is 5. The number of carbonyl (C=O) groups excluding carboxylic acids is 1. The zero-order valence-corrected chi connectivity index (χ0v) is 12.6. The Labute approximate surface area is 137 Å². The summed E-state index contributed by atoms with van der Waals surface area (Å²) >= 11 is 0. The Balaban J connectivity index is 1.72. The van der Waals surface area contributed by atoms with E-state index in [0.717, 1.165) is 11.0 Å². The molecule has 0 aliphatic heterocycles. The Kier molecular flexibility index (Phi) is 4.38. The van der Waals surface area contributed by atoms with Gasteiger partial charge in [-0.05, 0) is 23.8 Å². The van der Waals surface area contributed by atoms with Crippen LogP contribution in [-0.2, 0) is 11.2 Å². The minimum Gasteiger partial charge on any atom is -0.294 e. The molecule has 0 aliphatic rings. The van der Waals surface area contributed by atoms with E-state index in [1.807, 2.05) is 24.3 Å². The third kappa shape index (κ3) is 3.67. The molecule has 0 radical (unpaired) electrons. The zero-order valence-electron chi connectivity index (χ0n) is 12.6. The summed E-state index contributed by atoms with van der Waals surface area (Å²) in [5, 5.41) is 10.7. The summed E-state index contributed by atoms with van der Waals surface area (Å²) in [6, 6.07) is 13.5. The molecule has 6 nitrogen and oxygen atoms in total. The lowest BCUT2D eigenvalue weighted by atomic mass is 10.1. The number of benzene rings is 2. The summed E-state index contributed by atoms with van der Waals surface area (Å²) in [5.41, 5.74) is 2.70. The van der Waals surface area contributed by atoms with Gasteiger partial charge in [0.05, 0.1) is 28.1 Å². The van der Waals surface area contributed by atoms with E-state index in [2.05, 4.69) is 9.97 Å². The fourth-order valence-electron chi connectivity index (χ4n) is 2.25. The van der Waals surface area contributed by atoms with E-state index in [4.69, 9.17) is 0 Å². The Morgan fingerprint density at radius 3 is 2.71 bits per heavy atom. The van der Waals surface area contributed by atoms with Crippen molar-refractivity contribution in [3.8, 4) is 0 Å². The van der Waals surface area contributed by atoms with Gasteiger partial charge in [-0.25, -0.2) is 4.98 Å². The van der Waals surface area contributed by atoms with Gasteiger partial charge in [-0.2, -0.15) is 0 Å². The summed E-state index contributed by atoms with van der Waals surface area (Å²) in [4.78, 5) is 31.0. The number of nitro benzene ring substituents is 1. The van der Waals surface area contributed by atoms with E-state index in [-0.39, 0.29) is 17.9 Å². The topological polar surface area (TPSA) is 86.0 Å². The number of nitrogens with zero attached hydrogens (tertiary/aromatic N) is 3. The van der Waals surface area contributed by atoms with E-state index in [0.29, 0.717) is 11.3 Å². The fraction of sp³-hybridized carbons (Fsp3) is 0.0556. The minimum absolute atomic E-state index is 0.00926. The van der Waals surface area contributed by atoms with Crippen LogP contribution in [0.25, 0.3) is 17.1 Å². The zero-order chi connectivity index (χ0) is 16.9. The van der Waals surface area contributed by atoms with Crippen LogP contribution in [0.15, 0.2) is 60.8 Å². The quantitative estimate of drug-likeness (QED) is 0.409. The van der Waals surface area contributed by atoms with Gasteiger partial charge in [0.25, 0.3) is 5.69 Å². The molecule has 118 valence electrons. The second kappa shape index (κ2) is 6.78. The van der Waals surface area contributed by atoms with Crippen molar-refractivity contribution in [2.45, 2.75) is 6.42 Å². The first-order chi connectivity index (χ1) is 11.6. The van der Waals surface area contributed by atoms with Crippen LogP contribution in [0.1, 0.15) is 11.3 Å². The molecular formula is C18H13N3O3. The summed E-state index contributed by atoms with van der Waals surface area (Å²) in [7, 11) is 0. The molecule has 0 amide bonds. The second-order valence-corrected chi connectivity index (χ2v) is 5.18. The number of non-ortho nitro benzene ring substituents is 1. The molecule has 0 aliphatic carbocycles. The summed E-state index contributed by atoms with van der Waals surface area (Å²) in [5.74, 6) is -0.147. The molecule has 0 N–H and O–H groups in total. The van der Waals surface area contributed by atoms with Gasteiger partial charge in [0.15, 0.2) is 5.78 Å².